The molecule has 0 aliphatic heterocycles. The second kappa shape index (κ2) is 12.1. The van der Waals surface area contributed by atoms with Gasteiger partial charge < -0.3 is 10.6 Å². The Balaban J connectivity index is 2.20. The summed E-state index contributed by atoms with van der Waals surface area (Å²) in [5.41, 5.74) is 5.37. The van der Waals surface area contributed by atoms with Crippen LogP contribution in [0.2, 0.25) is 0 Å². The van der Waals surface area contributed by atoms with Gasteiger partial charge in [0.15, 0.2) is 0 Å². The number of allylic oxidation sites excluding steroid dienone is 3. The van der Waals surface area contributed by atoms with Crippen LogP contribution < -0.4 is 10.6 Å². The molecule has 0 aliphatic rings. The average Bonchev–Trinajstić information content (AvgIpc) is 2.77. The lowest BCUT2D eigenvalue weighted by atomic mass is 10.1. The zero-order valence-electron chi connectivity index (χ0n) is 18.4. The van der Waals surface area contributed by atoms with Crippen molar-refractivity contribution in [1.82, 2.24) is 20.6 Å². The van der Waals surface area contributed by atoms with E-state index in [2.05, 4.69) is 38.8 Å². The van der Waals surface area contributed by atoms with Gasteiger partial charge in [0.2, 0.25) is 0 Å². The monoisotopic (exact) mass is 415 g/mol. The molecule has 2 rings (SSSR count). The summed E-state index contributed by atoms with van der Waals surface area (Å²) in [6.07, 6.45) is 8.42. The van der Waals surface area contributed by atoms with Gasteiger partial charge in [0, 0.05) is 30.4 Å². The molecule has 1 aromatic carbocycles. The molecule has 6 heteroatoms. The lowest BCUT2D eigenvalue weighted by Crippen LogP contribution is -2.21. The Morgan fingerprint density at radius 2 is 1.94 bits per heavy atom. The highest BCUT2D eigenvalue weighted by atomic mass is 16.1. The predicted molar refractivity (Wildman–Crippen MR) is 128 cm³/mol. The number of carbonyl (C=O) groups excluding carboxylic acids is 1. The van der Waals surface area contributed by atoms with Crippen molar-refractivity contribution in [1.29, 1.82) is 0 Å². The largest absolute Gasteiger partial charge is 0.357 e. The van der Waals surface area contributed by atoms with E-state index in [9.17, 15) is 4.79 Å². The fraction of sp³-hybridized carbons (Fsp3) is 0.200. The predicted octanol–water partition coefficient (Wildman–Crippen LogP) is 4.24. The van der Waals surface area contributed by atoms with Crippen LogP contribution in [-0.2, 0) is 4.79 Å². The summed E-state index contributed by atoms with van der Waals surface area (Å²) in [4.78, 5) is 24.2. The average molecular weight is 416 g/mol. The standard InChI is InChI=1S/C25H29N5O/c1-6-7-24(19(3)28-23(14-17-31)12-15-26-5)29-18(2)21-8-10-22(11-9-21)25-13-16-27-20(4)30-25/h6-11,13-14,16-17,26,28H,2-3,12,15H2,1,4-5H3/b7-6-,23-14+,29-24?. The fourth-order valence-electron chi connectivity index (χ4n) is 2.81. The molecular formula is C25H29N5O. The van der Waals surface area contributed by atoms with E-state index in [-0.39, 0.29) is 0 Å². The first-order valence-corrected chi connectivity index (χ1v) is 10.0. The van der Waals surface area contributed by atoms with Crippen molar-refractivity contribution < 1.29 is 4.79 Å². The molecular weight excluding hydrogens is 386 g/mol. The van der Waals surface area contributed by atoms with Crippen LogP contribution in [0.15, 0.2) is 84.3 Å². The van der Waals surface area contributed by atoms with Gasteiger partial charge in [-0.25, -0.2) is 15.0 Å². The normalized spacial score (nSPS) is 12.1. The van der Waals surface area contributed by atoms with Crippen LogP contribution in [-0.4, -0.2) is 35.6 Å². The first kappa shape index (κ1) is 23.6. The minimum absolute atomic E-state index is 0.594. The third-order valence-electron chi connectivity index (χ3n) is 4.40. The molecule has 2 N–H and O–H groups in total. The van der Waals surface area contributed by atoms with E-state index in [1.165, 1.54) is 6.08 Å². The van der Waals surface area contributed by atoms with Crippen molar-refractivity contribution in [2.75, 3.05) is 13.6 Å². The lowest BCUT2D eigenvalue weighted by Gasteiger charge is -2.14. The number of nitrogens with one attached hydrogen (secondary N) is 2. The number of hydrogen-bond acceptors (Lipinski definition) is 6. The van der Waals surface area contributed by atoms with Crippen LogP contribution in [0.3, 0.4) is 0 Å². The van der Waals surface area contributed by atoms with E-state index in [1.54, 1.807) is 6.20 Å². The number of hydrogen-bond donors (Lipinski definition) is 2. The molecule has 0 aliphatic carbocycles. The highest BCUT2D eigenvalue weighted by molar-refractivity contribution is 6.10. The smallest absolute Gasteiger partial charge is 0.144 e. The van der Waals surface area contributed by atoms with E-state index < -0.39 is 0 Å². The molecule has 0 amide bonds. The second-order valence-electron chi connectivity index (χ2n) is 6.80. The minimum Gasteiger partial charge on any atom is -0.357 e. The van der Waals surface area contributed by atoms with Crippen molar-refractivity contribution in [2.24, 2.45) is 4.99 Å². The van der Waals surface area contributed by atoms with Crippen LogP contribution in [0, 0.1) is 6.92 Å². The number of carbonyl (C=O) groups is 1. The molecule has 0 unspecified atom stereocenters. The van der Waals surface area contributed by atoms with E-state index in [0.29, 0.717) is 23.5 Å². The number of aromatic nitrogens is 2. The van der Waals surface area contributed by atoms with Crippen molar-refractivity contribution in [3.8, 4) is 11.3 Å². The van der Waals surface area contributed by atoms with E-state index >= 15 is 0 Å². The van der Waals surface area contributed by atoms with Crippen LogP contribution in [0.5, 0.6) is 0 Å². The SMILES string of the molecule is C=C(N/C(=C/C=O)CCNC)C(/C=C\C)=NC(=C)c1ccc(-c2ccnc(C)n2)cc1. The van der Waals surface area contributed by atoms with E-state index in [0.717, 1.165) is 41.2 Å². The molecule has 0 atom stereocenters. The molecule has 2 aromatic rings. The van der Waals surface area contributed by atoms with Gasteiger partial charge >= 0.3 is 0 Å². The first-order chi connectivity index (χ1) is 15.0. The quantitative estimate of drug-likeness (QED) is 0.326. The van der Waals surface area contributed by atoms with Crippen LogP contribution in [0.25, 0.3) is 17.0 Å². The molecule has 0 spiro atoms. The van der Waals surface area contributed by atoms with Gasteiger partial charge in [-0.3, -0.25) is 4.79 Å². The van der Waals surface area contributed by atoms with Gasteiger partial charge in [-0.15, -0.1) is 0 Å². The Morgan fingerprint density at radius 3 is 2.55 bits per heavy atom. The highest BCUT2D eigenvalue weighted by Gasteiger charge is 2.07. The van der Waals surface area contributed by atoms with Crippen molar-refractivity contribution in [3.63, 3.8) is 0 Å². The van der Waals surface area contributed by atoms with Gasteiger partial charge in [-0.2, -0.15) is 0 Å². The zero-order valence-corrected chi connectivity index (χ0v) is 18.4. The summed E-state index contributed by atoms with van der Waals surface area (Å²) < 4.78 is 0. The molecule has 160 valence electrons. The number of aryl methyl sites for hydroxylation is 1. The molecule has 1 aromatic heterocycles. The lowest BCUT2D eigenvalue weighted by molar-refractivity contribution is -0.104. The molecule has 31 heavy (non-hydrogen) atoms. The van der Waals surface area contributed by atoms with Gasteiger partial charge in [0.25, 0.3) is 0 Å². The molecule has 1 heterocycles. The summed E-state index contributed by atoms with van der Waals surface area (Å²) in [6, 6.07) is 9.79. The first-order valence-electron chi connectivity index (χ1n) is 10.0. The summed E-state index contributed by atoms with van der Waals surface area (Å²) in [5.74, 6) is 0.732. The fourth-order valence-corrected chi connectivity index (χ4v) is 2.81. The topological polar surface area (TPSA) is 79.3 Å². The van der Waals surface area contributed by atoms with Crippen molar-refractivity contribution in [2.45, 2.75) is 20.3 Å². The Bertz CT molecular complexity index is 1020. The highest BCUT2D eigenvalue weighted by Crippen LogP contribution is 2.21. The molecule has 0 radical (unpaired) electrons. The van der Waals surface area contributed by atoms with Gasteiger partial charge in [0.1, 0.15) is 12.1 Å². The molecule has 0 bridgehead atoms. The third kappa shape index (κ3) is 7.28. The summed E-state index contributed by atoms with van der Waals surface area (Å²) in [7, 11) is 1.86. The number of rotatable bonds is 11. The van der Waals surface area contributed by atoms with Gasteiger partial charge in [-0.05, 0) is 44.7 Å². The number of benzene rings is 1. The number of nitrogens with zero attached hydrogens (tertiary/aromatic N) is 3. The van der Waals surface area contributed by atoms with Gasteiger partial charge in [0.05, 0.1) is 22.8 Å². The minimum atomic E-state index is 0.594. The maximum atomic E-state index is 10.9. The summed E-state index contributed by atoms with van der Waals surface area (Å²) in [5, 5.41) is 6.25. The summed E-state index contributed by atoms with van der Waals surface area (Å²) in [6.45, 7) is 12.7. The molecule has 6 nitrogen and oxygen atoms in total. The van der Waals surface area contributed by atoms with Crippen LogP contribution in [0.1, 0.15) is 24.7 Å². The van der Waals surface area contributed by atoms with Crippen LogP contribution in [0.4, 0.5) is 0 Å². The van der Waals surface area contributed by atoms with Gasteiger partial charge in [-0.1, -0.05) is 43.5 Å². The van der Waals surface area contributed by atoms with Crippen molar-refractivity contribution >= 4 is 17.7 Å². The Kier molecular flexibility index (Phi) is 9.26. The number of aliphatic imine (C=N–C) groups is 1. The molecule has 0 fully saturated rings. The second-order valence-corrected chi connectivity index (χ2v) is 6.80. The Morgan fingerprint density at radius 1 is 1.19 bits per heavy atom. The maximum Gasteiger partial charge on any atom is 0.144 e. The molecule has 0 saturated carbocycles. The van der Waals surface area contributed by atoms with E-state index in [1.807, 2.05) is 63.4 Å². The maximum absolute atomic E-state index is 10.9. The molecule has 0 saturated heterocycles. The Labute approximate surface area is 184 Å². The summed E-state index contributed by atoms with van der Waals surface area (Å²) >= 11 is 0. The number of aldehydes is 1. The van der Waals surface area contributed by atoms with E-state index in [4.69, 9.17) is 0 Å². The third-order valence-corrected chi connectivity index (χ3v) is 4.40. The van der Waals surface area contributed by atoms with Crippen molar-refractivity contribution in [3.05, 3.63) is 90.7 Å². The zero-order chi connectivity index (χ0) is 22.6. The van der Waals surface area contributed by atoms with Crippen LogP contribution >= 0.6 is 0 Å². The Hall–Kier alpha value is -3.64.